The molecule has 94 valence electrons. The van der Waals surface area contributed by atoms with Gasteiger partial charge in [-0.3, -0.25) is 0 Å². The van der Waals surface area contributed by atoms with Crippen LogP contribution in [0.1, 0.15) is 0 Å². The highest BCUT2D eigenvalue weighted by atomic mass is 79.9. The van der Waals surface area contributed by atoms with E-state index in [4.69, 9.17) is 15.2 Å². The quantitative estimate of drug-likeness (QED) is 0.678. The average Bonchev–Trinajstić information content (AvgIpc) is 2.35. The molecule has 18 heavy (non-hydrogen) atoms. The van der Waals surface area contributed by atoms with Crippen molar-refractivity contribution in [3.8, 4) is 11.8 Å². The molecule has 0 aliphatic carbocycles. The Kier molecular flexibility index (Phi) is 4.35. The fraction of sp³-hybridized carbons (Fsp3) is 0.167. The van der Waals surface area contributed by atoms with Gasteiger partial charge in [0, 0.05) is 6.07 Å². The Labute approximate surface area is 113 Å². The smallest absolute Gasteiger partial charge is 0.319 e. The van der Waals surface area contributed by atoms with Gasteiger partial charge < -0.3 is 15.2 Å². The van der Waals surface area contributed by atoms with Gasteiger partial charge >= 0.3 is 6.01 Å². The lowest BCUT2D eigenvalue weighted by atomic mass is 10.3. The van der Waals surface area contributed by atoms with Gasteiger partial charge in [0.05, 0.1) is 0 Å². The molecule has 5 nitrogen and oxygen atoms in total. The predicted molar refractivity (Wildman–Crippen MR) is 71.6 cm³/mol. The van der Waals surface area contributed by atoms with Crippen LogP contribution < -0.4 is 15.2 Å². The summed E-state index contributed by atoms with van der Waals surface area (Å²) in [5.74, 6) is 1.16. The van der Waals surface area contributed by atoms with Gasteiger partial charge in [0.15, 0.2) is 0 Å². The molecular formula is C12H12BrN3O2. The number of halogens is 1. The monoisotopic (exact) mass is 309 g/mol. The third-order valence-corrected chi connectivity index (χ3v) is 2.43. The Morgan fingerprint density at radius 1 is 1.06 bits per heavy atom. The molecule has 1 heterocycles. The van der Waals surface area contributed by atoms with E-state index in [1.54, 1.807) is 6.07 Å². The minimum absolute atomic E-state index is 0.235. The summed E-state index contributed by atoms with van der Waals surface area (Å²) in [6, 6.07) is 11.4. The van der Waals surface area contributed by atoms with Gasteiger partial charge in [0.25, 0.3) is 0 Å². The van der Waals surface area contributed by atoms with Crippen LogP contribution in [0, 0.1) is 0 Å². The van der Waals surface area contributed by atoms with E-state index in [-0.39, 0.29) is 6.01 Å². The van der Waals surface area contributed by atoms with Crippen molar-refractivity contribution in [3.63, 3.8) is 0 Å². The largest absolute Gasteiger partial charge is 0.490 e. The summed E-state index contributed by atoms with van der Waals surface area (Å²) in [5.41, 5.74) is 5.56. The van der Waals surface area contributed by atoms with Gasteiger partial charge in [0.1, 0.15) is 29.4 Å². The molecule has 1 aromatic carbocycles. The highest BCUT2D eigenvalue weighted by molar-refractivity contribution is 9.10. The molecule has 0 aliphatic rings. The molecule has 0 unspecified atom stereocenters. The van der Waals surface area contributed by atoms with Gasteiger partial charge in [-0.25, -0.2) is 0 Å². The number of hydrogen-bond donors (Lipinski definition) is 1. The average molecular weight is 310 g/mol. The number of rotatable bonds is 5. The second-order valence-corrected chi connectivity index (χ2v) is 4.22. The zero-order valence-corrected chi connectivity index (χ0v) is 11.1. The molecule has 2 rings (SSSR count). The van der Waals surface area contributed by atoms with Crippen molar-refractivity contribution < 1.29 is 9.47 Å². The van der Waals surface area contributed by atoms with Crippen LogP contribution in [0.4, 0.5) is 5.82 Å². The van der Waals surface area contributed by atoms with Crippen LogP contribution in [-0.4, -0.2) is 23.2 Å². The SMILES string of the molecule is Nc1cc(Br)nc(OCCOc2ccccc2)n1. The van der Waals surface area contributed by atoms with Gasteiger partial charge in [-0.2, -0.15) is 9.97 Å². The van der Waals surface area contributed by atoms with Crippen molar-refractivity contribution in [2.24, 2.45) is 0 Å². The lowest BCUT2D eigenvalue weighted by Gasteiger charge is -2.07. The number of para-hydroxylation sites is 1. The van der Waals surface area contributed by atoms with Gasteiger partial charge in [-0.05, 0) is 28.1 Å². The van der Waals surface area contributed by atoms with Crippen molar-refractivity contribution in [2.45, 2.75) is 0 Å². The molecule has 0 atom stereocenters. The molecule has 0 bridgehead atoms. The normalized spacial score (nSPS) is 10.1. The van der Waals surface area contributed by atoms with Crippen LogP contribution in [0.15, 0.2) is 41.0 Å². The molecule has 0 spiro atoms. The number of anilines is 1. The highest BCUT2D eigenvalue weighted by Gasteiger charge is 2.01. The maximum absolute atomic E-state index is 5.56. The van der Waals surface area contributed by atoms with E-state index in [1.807, 2.05) is 30.3 Å². The molecule has 6 heteroatoms. The summed E-state index contributed by atoms with van der Waals surface area (Å²) in [7, 11) is 0. The molecule has 2 aromatic rings. The van der Waals surface area contributed by atoms with E-state index in [2.05, 4.69) is 25.9 Å². The molecule has 2 N–H and O–H groups in total. The van der Waals surface area contributed by atoms with E-state index in [0.717, 1.165) is 5.75 Å². The Morgan fingerprint density at radius 3 is 2.50 bits per heavy atom. The number of benzene rings is 1. The van der Waals surface area contributed by atoms with Crippen molar-refractivity contribution in [1.82, 2.24) is 9.97 Å². The number of hydrogen-bond acceptors (Lipinski definition) is 5. The summed E-state index contributed by atoms with van der Waals surface area (Å²) in [6.45, 7) is 0.768. The highest BCUT2D eigenvalue weighted by Crippen LogP contribution is 2.14. The predicted octanol–water partition coefficient (Wildman–Crippen LogP) is 2.28. The molecule has 0 fully saturated rings. The first-order chi connectivity index (χ1) is 8.74. The lowest BCUT2D eigenvalue weighted by Crippen LogP contribution is -2.11. The standard InChI is InChI=1S/C12H12BrN3O2/c13-10-8-11(14)16-12(15-10)18-7-6-17-9-4-2-1-3-5-9/h1-5,8H,6-7H2,(H2,14,15,16). The number of nitrogens with zero attached hydrogens (tertiary/aromatic N) is 2. The zero-order valence-electron chi connectivity index (χ0n) is 9.54. The molecule has 0 saturated carbocycles. The minimum atomic E-state index is 0.235. The second kappa shape index (κ2) is 6.20. The summed E-state index contributed by atoms with van der Waals surface area (Å²) in [6.07, 6.45) is 0. The maximum Gasteiger partial charge on any atom is 0.319 e. The molecule has 0 aliphatic heterocycles. The molecular weight excluding hydrogens is 298 g/mol. The van der Waals surface area contributed by atoms with E-state index < -0.39 is 0 Å². The molecule has 0 saturated heterocycles. The Hall–Kier alpha value is -1.82. The second-order valence-electron chi connectivity index (χ2n) is 3.41. The third kappa shape index (κ3) is 3.89. The number of ether oxygens (including phenoxy) is 2. The topological polar surface area (TPSA) is 70.3 Å². The zero-order chi connectivity index (χ0) is 12.8. The number of nitrogen functional groups attached to an aromatic ring is 1. The van der Waals surface area contributed by atoms with Gasteiger partial charge in [-0.15, -0.1) is 0 Å². The molecule has 1 aromatic heterocycles. The van der Waals surface area contributed by atoms with Gasteiger partial charge in [0.2, 0.25) is 0 Å². The molecule has 0 radical (unpaired) electrons. The van der Waals surface area contributed by atoms with Gasteiger partial charge in [-0.1, -0.05) is 18.2 Å². The minimum Gasteiger partial charge on any atom is -0.490 e. The molecule has 0 amide bonds. The van der Waals surface area contributed by atoms with Crippen molar-refractivity contribution in [1.29, 1.82) is 0 Å². The Morgan fingerprint density at radius 2 is 1.78 bits per heavy atom. The van der Waals surface area contributed by atoms with Crippen molar-refractivity contribution in [3.05, 3.63) is 41.0 Å². The van der Waals surface area contributed by atoms with Crippen LogP contribution in [0.5, 0.6) is 11.8 Å². The summed E-state index contributed by atoms with van der Waals surface area (Å²) in [5, 5.41) is 0. The Bertz CT molecular complexity index is 488. The van der Waals surface area contributed by atoms with Crippen molar-refractivity contribution >= 4 is 21.7 Å². The fourth-order valence-corrected chi connectivity index (χ4v) is 1.67. The third-order valence-electron chi connectivity index (χ3n) is 2.02. The first kappa shape index (κ1) is 12.6. The van der Waals surface area contributed by atoms with Crippen LogP contribution in [0.2, 0.25) is 0 Å². The van der Waals surface area contributed by atoms with Crippen molar-refractivity contribution in [2.75, 3.05) is 18.9 Å². The van der Waals surface area contributed by atoms with Crippen LogP contribution in [0.3, 0.4) is 0 Å². The summed E-state index contributed by atoms with van der Waals surface area (Å²) in [4.78, 5) is 7.96. The summed E-state index contributed by atoms with van der Waals surface area (Å²) < 4.78 is 11.4. The van der Waals surface area contributed by atoms with E-state index in [1.165, 1.54) is 0 Å². The van der Waals surface area contributed by atoms with Crippen LogP contribution >= 0.6 is 15.9 Å². The van der Waals surface area contributed by atoms with E-state index >= 15 is 0 Å². The lowest BCUT2D eigenvalue weighted by molar-refractivity contribution is 0.206. The Balaban J connectivity index is 1.78. The fourth-order valence-electron chi connectivity index (χ4n) is 1.29. The number of nitrogens with two attached hydrogens (primary N) is 1. The number of aromatic nitrogens is 2. The van der Waals surface area contributed by atoms with E-state index in [0.29, 0.717) is 23.6 Å². The first-order valence-corrected chi connectivity index (χ1v) is 6.14. The summed E-state index contributed by atoms with van der Waals surface area (Å²) >= 11 is 3.22. The van der Waals surface area contributed by atoms with Crippen LogP contribution in [0.25, 0.3) is 0 Å². The van der Waals surface area contributed by atoms with Crippen LogP contribution in [-0.2, 0) is 0 Å². The first-order valence-electron chi connectivity index (χ1n) is 5.35. The van der Waals surface area contributed by atoms with E-state index in [9.17, 15) is 0 Å². The maximum atomic E-state index is 5.56.